The summed E-state index contributed by atoms with van der Waals surface area (Å²) in [5.41, 5.74) is 0.839. The zero-order valence-corrected chi connectivity index (χ0v) is 15.9. The largest absolute Gasteiger partial charge is 0.493 e. The topological polar surface area (TPSA) is 95.9 Å². The molecule has 1 atom stereocenters. The average Bonchev–Trinajstić information content (AvgIpc) is 3.12. The van der Waals surface area contributed by atoms with E-state index in [1.54, 1.807) is 4.90 Å². The van der Waals surface area contributed by atoms with Gasteiger partial charge in [0, 0.05) is 25.1 Å². The average molecular weight is 386 g/mol. The van der Waals surface area contributed by atoms with E-state index in [-0.39, 0.29) is 18.2 Å². The van der Waals surface area contributed by atoms with Crippen molar-refractivity contribution in [3.63, 3.8) is 0 Å². The fraction of sp³-hybridized carbons (Fsp3) is 0.571. The minimum absolute atomic E-state index is 0.0116. The molecular weight excluding hydrogens is 360 g/mol. The van der Waals surface area contributed by atoms with Crippen molar-refractivity contribution in [1.82, 2.24) is 4.90 Å². The van der Waals surface area contributed by atoms with Gasteiger partial charge < -0.3 is 20.1 Å². The quantitative estimate of drug-likeness (QED) is 0.811. The number of hydrogen-bond donors (Lipinski definition) is 2. The van der Waals surface area contributed by atoms with E-state index in [1.165, 1.54) is 0 Å². The van der Waals surface area contributed by atoms with E-state index in [0.717, 1.165) is 37.0 Å². The monoisotopic (exact) mass is 386 g/mol. The van der Waals surface area contributed by atoms with Crippen LogP contribution in [0.25, 0.3) is 0 Å². The highest BCUT2D eigenvalue weighted by atomic mass is 16.5. The van der Waals surface area contributed by atoms with Crippen LogP contribution in [0.3, 0.4) is 0 Å². The van der Waals surface area contributed by atoms with Crippen LogP contribution in [-0.4, -0.2) is 47.0 Å². The molecule has 7 nitrogen and oxygen atoms in total. The fourth-order valence-electron chi connectivity index (χ4n) is 4.45. The summed E-state index contributed by atoms with van der Waals surface area (Å²) >= 11 is 0. The Morgan fingerprint density at radius 1 is 1.21 bits per heavy atom. The highest BCUT2D eigenvalue weighted by Gasteiger charge is 2.47. The Morgan fingerprint density at radius 3 is 2.75 bits per heavy atom. The van der Waals surface area contributed by atoms with Crippen LogP contribution in [0.15, 0.2) is 18.2 Å². The third-order valence-electron chi connectivity index (χ3n) is 6.34. The van der Waals surface area contributed by atoms with Gasteiger partial charge >= 0.3 is 5.97 Å². The van der Waals surface area contributed by atoms with Gasteiger partial charge in [-0.15, -0.1) is 0 Å². The Kier molecular flexibility index (Phi) is 5.00. The van der Waals surface area contributed by atoms with Crippen molar-refractivity contribution in [3.05, 3.63) is 23.8 Å². The van der Waals surface area contributed by atoms with Gasteiger partial charge in [0.15, 0.2) is 0 Å². The van der Waals surface area contributed by atoms with Gasteiger partial charge in [0.05, 0.1) is 12.0 Å². The molecule has 0 spiro atoms. The van der Waals surface area contributed by atoms with Crippen LogP contribution in [0.4, 0.5) is 5.69 Å². The summed E-state index contributed by atoms with van der Waals surface area (Å²) in [6.07, 6.45) is 5.05. The number of carboxylic acids is 1. The molecule has 4 rings (SSSR count). The number of amides is 2. The second kappa shape index (κ2) is 7.45. The number of carboxylic acid groups (broad SMARTS) is 1. The van der Waals surface area contributed by atoms with Crippen LogP contribution in [-0.2, 0) is 20.8 Å². The van der Waals surface area contributed by atoms with Gasteiger partial charge in [0.2, 0.25) is 11.8 Å². The minimum atomic E-state index is -0.935. The maximum absolute atomic E-state index is 12.9. The Balaban J connectivity index is 1.45. The normalized spacial score (nSPS) is 22.6. The van der Waals surface area contributed by atoms with E-state index in [2.05, 4.69) is 5.32 Å². The molecule has 1 aromatic rings. The van der Waals surface area contributed by atoms with Gasteiger partial charge in [0.1, 0.15) is 11.8 Å². The van der Waals surface area contributed by atoms with Crippen LogP contribution < -0.4 is 10.1 Å². The lowest BCUT2D eigenvalue weighted by Crippen LogP contribution is -2.52. The van der Waals surface area contributed by atoms with E-state index in [9.17, 15) is 19.5 Å². The number of anilines is 1. The first-order chi connectivity index (χ1) is 13.5. The molecule has 0 radical (unpaired) electrons. The number of nitrogens with one attached hydrogen (secondary N) is 1. The van der Waals surface area contributed by atoms with Gasteiger partial charge in [-0.25, -0.2) is 0 Å². The zero-order chi connectivity index (χ0) is 19.7. The first-order valence-electron chi connectivity index (χ1n) is 10.1. The highest BCUT2D eigenvalue weighted by molar-refractivity contribution is 5.98. The summed E-state index contributed by atoms with van der Waals surface area (Å²) in [6, 6.07) is 5.04. The molecule has 150 valence electrons. The molecule has 2 amide bonds. The number of fused-ring (bicyclic) bond motifs is 1. The summed E-state index contributed by atoms with van der Waals surface area (Å²) in [5, 5.41) is 12.5. The van der Waals surface area contributed by atoms with E-state index < -0.39 is 17.4 Å². The number of carbonyl (C=O) groups is 3. The van der Waals surface area contributed by atoms with Crippen molar-refractivity contribution in [3.8, 4) is 5.75 Å². The number of hydrogen-bond acceptors (Lipinski definition) is 4. The lowest BCUT2D eigenvalue weighted by Gasteiger charge is -2.41. The molecule has 2 aliphatic heterocycles. The van der Waals surface area contributed by atoms with Crippen molar-refractivity contribution in [2.45, 2.75) is 57.4 Å². The lowest BCUT2D eigenvalue weighted by atomic mass is 9.66. The molecule has 1 unspecified atom stereocenters. The maximum atomic E-state index is 12.9. The van der Waals surface area contributed by atoms with Gasteiger partial charge in [0.25, 0.3) is 0 Å². The summed E-state index contributed by atoms with van der Waals surface area (Å²) in [7, 11) is 0. The summed E-state index contributed by atoms with van der Waals surface area (Å²) in [6.45, 7) is 1.16. The number of carbonyl (C=O) groups excluding carboxylic acids is 2. The number of rotatable bonds is 5. The van der Waals surface area contributed by atoms with E-state index in [0.29, 0.717) is 38.1 Å². The van der Waals surface area contributed by atoms with Crippen molar-refractivity contribution < 1.29 is 24.2 Å². The predicted molar refractivity (Wildman–Crippen MR) is 102 cm³/mol. The predicted octanol–water partition coefficient (Wildman–Crippen LogP) is 2.59. The number of aliphatic carboxylic acids is 1. The highest BCUT2D eigenvalue weighted by Crippen LogP contribution is 2.45. The number of piperidine rings is 1. The molecule has 2 heterocycles. The van der Waals surface area contributed by atoms with E-state index >= 15 is 0 Å². The van der Waals surface area contributed by atoms with Gasteiger partial charge in [-0.05, 0) is 55.9 Å². The molecule has 0 bridgehead atoms. The van der Waals surface area contributed by atoms with Gasteiger partial charge in [-0.2, -0.15) is 0 Å². The number of nitrogens with zero attached hydrogens (tertiary/aromatic N) is 1. The van der Waals surface area contributed by atoms with Crippen molar-refractivity contribution >= 4 is 23.5 Å². The van der Waals surface area contributed by atoms with E-state index in [4.69, 9.17) is 4.74 Å². The molecule has 3 aliphatic rings. The Hall–Kier alpha value is -2.57. The van der Waals surface area contributed by atoms with Crippen molar-refractivity contribution in [1.29, 1.82) is 0 Å². The molecule has 28 heavy (non-hydrogen) atoms. The SMILES string of the molecule is O=C(Nc1ccc2c(c1)CCO2)C1CCCCN1C(=O)CC1(C(=O)O)CCC1. The lowest BCUT2D eigenvalue weighted by molar-refractivity contribution is -0.160. The molecule has 1 aromatic carbocycles. The molecular formula is C21H26N2O5. The van der Waals surface area contributed by atoms with E-state index in [1.807, 2.05) is 18.2 Å². The van der Waals surface area contributed by atoms with Gasteiger partial charge in [-0.3, -0.25) is 14.4 Å². The minimum Gasteiger partial charge on any atom is -0.493 e. The van der Waals surface area contributed by atoms with Crippen molar-refractivity contribution in [2.75, 3.05) is 18.5 Å². The van der Waals surface area contributed by atoms with Crippen LogP contribution in [0.1, 0.15) is 50.5 Å². The second-order valence-electron chi connectivity index (χ2n) is 8.12. The second-order valence-corrected chi connectivity index (χ2v) is 8.12. The van der Waals surface area contributed by atoms with Crippen LogP contribution >= 0.6 is 0 Å². The van der Waals surface area contributed by atoms with Crippen LogP contribution in [0, 0.1) is 5.41 Å². The molecule has 0 aromatic heterocycles. The van der Waals surface area contributed by atoms with Crippen LogP contribution in [0.2, 0.25) is 0 Å². The standard InChI is InChI=1S/C21H26N2O5/c24-18(13-21(20(26)27)8-3-9-21)23-10-2-1-4-16(23)19(25)22-15-5-6-17-14(12-15)7-11-28-17/h5-6,12,16H,1-4,7-11,13H2,(H,22,25)(H,26,27). The van der Waals surface area contributed by atoms with Crippen molar-refractivity contribution in [2.24, 2.45) is 5.41 Å². The molecule has 1 saturated heterocycles. The number of ether oxygens (including phenoxy) is 1. The van der Waals surface area contributed by atoms with Gasteiger partial charge in [-0.1, -0.05) is 6.42 Å². The molecule has 1 aliphatic carbocycles. The Bertz CT molecular complexity index is 802. The third-order valence-corrected chi connectivity index (χ3v) is 6.34. The fourth-order valence-corrected chi connectivity index (χ4v) is 4.45. The summed E-state index contributed by atoms with van der Waals surface area (Å²) in [4.78, 5) is 39.0. The first kappa shape index (κ1) is 18.8. The first-order valence-corrected chi connectivity index (χ1v) is 10.1. The van der Waals surface area contributed by atoms with Crippen LogP contribution in [0.5, 0.6) is 5.75 Å². The maximum Gasteiger partial charge on any atom is 0.310 e. The molecule has 7 heteroatoms. The molecule has 2 N–H and O–H groups in total. The number of benzene rings is 1. The Labute approximate surface area is 164 Å². The summed E-state index contributed by atoms with van der Waals surface area (Å²) < 4.78 is 5.49. The molecule has 1 saturated carbocycles. The molecule has 2 fully saturated rings. The Morgan fingerprint density at radius 2 is 2.04 bits per heavy atom. The summed E-state index contributed by atoms with van der Waals surface area (Å²) in [5.74, 6) is -0.466. The smallest absolute Gasteiger partial charge is 0.310 e. The number of likely N-dealkylation sites (tertiary alicyclic amines) is 1. The third kappa shape index (κ3) is 3.45. The zero-order valence-electron chi connectivity index (χ0n) is 15.9.